The lowest BCUT2D eigenvalue weighted by Crippen LogP contribution is -2.13. The second-order valence-electron chi connectivity index (χ2n) is 5.44. The van der Waals surface area contributed by atoms with Crippen molar-refractivity contribution in [3.05, 3.63) is 58.0 Å². The van der Waals surface area contributed by atoms with Gasteiger partial charge in [0.1, 0.15) is 0 Å². The Morgan fingerprint density at radius 2 is 2.00 bits per heavy atom. The van der Waals surface area contributed by atoms with Gasteiger partial charge in [-0.15, -0.1) is 10.2 Å². The van der Waals surface area contributed by atoms with E-state index in [0.29, 0.717) is 5.78 Å². The molecule has 0 aliphatic carbocycles. The van der Waals surface area contributed by atoms with Gasteiger partial charge in [-0.1, -0.05) is 55.9 Å². The van der Waals surface area contributed by atoms with Gasteiger partial charge in [0.25, 0.3) is 5.56 Å². The predicted octanol–water partition coefficient (Wildman–Crippen LogP) is 2.88. The zero-order valence-electron chi connectivity index (χ0n) is 12.6. The average Bonchev–Trinajstić information content (AvgIpc) is 2.90. The molecule has 0 fully saturated rings. The van der Waals surface area contributed by atoms with Crippen LogP contribution in [0.15, 0.2) is 46.3 Å². The molecule has 0 bridgehead atoms. The third-order valence-corrected chi connectivity index (χ3v) is 4.39. The highest BCUT2D eigenvalue weighted by Crippen LogP contribution is 2.22. The van der Waals surface area contributed by atoms with Crippen LogP contribution in [0.1, 0.15) is 31.0 Å². The smallest absolute Gasteiger partial charge is 0.252 e. The van der Waals surface area contributed by atoms with Gasteiger partial charge < -0.3 is 0 Å². The maximum atomic E-state index is 11.7. The van der Waals surface area contributed by atoms with Crippen LogP contribution in [-0.2, 0) is 6.42 Å². The number of nitrogens with one attached hydrogen (secondary N) is 1. The van der Waals surface area contributed by atoms with Gasteiger partial charge in [-0.2, -0.15) is 0 Å². The maximum absolute atomic E-state index is 11.7. The largest absolute Gasteiger partial charge is 0.291 e. The summed E-state index contributed by atoms with van der Waals surface area (Å²) in [4.78, 5) is 14.4. The van der Waals surface area contributed by atoms with E-state index in [9.17, 15) is 4.79 Å². The number of aromatic amines is 1. The van der Waals surface area contributed by atoms with Crippen molar-refractivity contribution >= 4 is 17.5 Å². The van der Waals surface area contributed by atoms with Crippen molar-refractivity contribution in [2.24, 2.45) is 0 Å². The third-order valence-electron chi connectivity index (χ3n) is 3.46. The summed E-state index contributed by atoms with van der Waals surface area (Å²) in [5, 5.41) is 9.13. The Morgan fingerprint density at radius 3 is 2.73 bits per heavy atom. The van der Waals surface area contributed by atoms with Gasteiger partial charge in [-0.25, -0.2) is 0 Å². The molecule has 0 saturated carbocycles. The molecule has 1 N–H and O–H groups in total. The number of hydrogen-bond donors (Lipinski definition) is 1. The van der Waals surface area contributed by atoms with Crippen LogP contribution in [0.25, 0.3) is 5.78 Å². The molecule has 3 aromatic rings. The highest BCUT2D eigenvalue weighted by atomic mass is 32.2. The summed E-state index contributed by atoms with van der Waals surface area (Å²) in [6.07, 6.45) is 0.973. The topological polar surface area (TPSA) is 63.0 Å². The Kier molecular flexibility index (Phi) is 4.29. The number of rotatable bonds is 5. The number of benzene rings is 1. The van der Waals surface area contributed by atoms with Crippen LogP contribution in [-0.4, -0.2) is 25.3 Å². The molecule has 0 aliphatic heterocycles. The van der Waals surface area contributed by atoms with Gasteiger partial charge in [0.2, 0.25) is 5.78 Å². The minimum absolute atomic E-state index is 0.135. The van der Waals surface area contributed by atoms with E-state index in [-0.39, 0.29) is 11.5 Å². The van der Waals surface area contributed by atoms with Crippen LogP contribution in [0, 0.1) is 0 Å². The fourth-order valence-corrected chi connectivity index (χ4v) is 3.29. The van der Waals surface area contributed by atoms with E-state index in [0.717, 1.165) is 23.0 Å². The van der Waals surface area contributed by atoms with Gasteiger partial charge in [0, 0.05) is 17.5 Å². The second kappa shape index (κ2) is 6.36. The molecule has 3 rings (SSSR count). The van der Waals surface area contributed by atoms with E-state index in [1.54, 1.807) is 17.8 Å². The van der Waals surface area contributed by atoms with Gasteiger partial charge in [0.15, 0.2) is 5.16 Å². The Bertz CT molecular complexity index is 823. The van der Waals surface area contributed by atoms with Crippen molar-refractivity contribution in [1.82, 2.24) is 19.6 Å². The lowest BCUT2D eigenvalue weighted by Gasteiger charge is -2.09. The van der Waals surface area contributed by atoms with E-state index in [1.165, 1.54) is 5.56 Å². The van der Waals surface area contributed by atoms with Gasteiger partial charge in [-0.3, -0.25) is 14.2 Å². The number of hydrogen-bond acceptors (Lipinski definition) is 4. The Balaban J connectivity index is 1.84. The van der Waals surface area contributed by atoms with Crippen LogP contribution < -0.4 is 5.56 Å². The Labute approximate surface area is 132 Å². The van der Waals surface area contributed by atoms with E-state index >= 15 is 0 Å². The predicted molar refractivity (Wildman–Crippen MR) is 88.6 cm³/mol. The zero-order valence-corrected chi connectivity index (χ0v) is 13.4. The summed E-state index contributed by atoms with van der Waals surface area (Å²) in [6.45, 7) is 4.12. The SMILES string of the molecule is CC(C)c1cc(=O)[nH]c2nnc(SCCc3ccccc3)n12. The van der Waals surface area contributed by atoms with Crippen LogP contribution in [0.2, 0.25) is 0 Å². The molecular formula is C16H18N4OS. The van der Waals surface area contributed by atoms with Gasteiger partial charge >= 0.3 is 0 Å². The monoisotopic (exact) mass is 314 g/mol. The quantitative estimate of drug-likeness (QED) is 0.736. The summed E-state index contributed by atoms with van der Waals surface area (Å²) >= 11 is 1.66. The molecule has 2 aromatic heterocycles. The lowest BCUT2D eigenvalue weighted by molar-refractivity contribution is 0.754. The summed E-state index contributed by atoms with van der Waals surface area (Å²) in [5.74, 6) is 1.66. The highest BCUT2D eigenvalue weighted by molar-refractivity contribution is 7.99. The van der Waals surface area contributed by atoms with Crippen molar-refractivity contribution < 1.29 is 0 Å². The first-order valence-corrected chi connectivity index (χ1v) is 8.29. The fourth-order valence-electron chi connectivity index (χ4n) is 2.35. The number of H-pyrrole nitrogens is 1. The molecule has 114 valence electrons. The molecule has 22 heavy (non-hydrogen) atoms. The van der Waals surface area contributed by atoms with Crippen molar-refractivity contribution in [2.75, 3.05) is 5.75 Å². The van der Waals surface area contributed by atoms with Gasteiger partial charge in [-0.05, 0) is 17.9 Å². The summed E-state index contributed by atoms with van der Waals surface area (Å²) < 4.78 is 1.95. The Morgan fingerprint density at radius 1 is 1.23 bits per heavy atom. The van der Waals surface area contributed by atoms with E-state index in [4.69, 9.17) is 0 Å². The second-order valence-corrected chi connectivity index (χ2v) is 6.50. The van der Waals surface area contributed by atoms with Crippen LogP contribution >= 0.6 is 11.8 Å². The molecule has 0 atom stereocenters. The van der Waals surface area contributed by atoms with Crippen molar-refractivity contribution in [2.45, 2.75) is 31.3 Å². The van der Waals surface area contributed by atoms with Gasteiger partial charge in [0.05, 0.1) is 0 Å². The van der Waals surface area contributed by atoms with Crippen LogP contribution in [0.5, 0.6) is 0 Å². The van der Waals surface area contributed by atoms with Crippen LogP contribution in [0.3, 0.4) is 0 Å². The number of thioether (sulfide) groups is 1. The summed E-state index contributed by atoms with van der Waals surface area (Å²) in [6, 6.07) is 12.0. The summed E-state index contributed by atoms with van der Waals surface area (Å²) in [7, 11) is 0. The van der Waals surface area contributed by atoms with Crippen molar-refractivity contribution in [1.29, 1.82) is 0 Å². The molecule has 1 aromatic carbocycles. The molecule has 0 spiro atoms. The number of fused-ring (bicyclic) bond motifs is 1. The molecule has 0 aliphatic rings. The zero-order chi connectivity index (χ0) is 15.5. The van der Waals surface area contributed by atoms with Crippen LogP contribution in [0.4, 0.5) is 0 Å². The lowest BCUT2D eigenvalue weighted by atomic mass is 10.1. The number of aromatic nitrogens is 4. The molecule has 0 radical (unpaired) electrons. The minimum atomic E-state index is -0.135. The Hall–Kier alpha value is -2.08. The van der Waals surface area contributed by atoms with E-state index < -0.39 is 0 Å². The number of nitrogens with zero attached hydrogens (tertiary/aromatic N) is 3. The van der Waals surface area contributed by atoms with Crippen molar-refractivity contribution in [3.63, 3.8) is 0 Å². The van der Waals surface area contributed by atoms with E-state index in [1.807, 2.05) is 22.6 Å². The molecule has 0 amide bonds. The highest BCUT2D eigenvalue weighted by Gasteiger charge is 2.13. The minimum Gasteiger partial charge on any atom is -0.291 e. The molecule has 5 nitrogen and oxygen atoms in total. The normalized spacial score (nSPS) is 11.4. The summed E-state index contributed by atoms with van der Waals surface area (Å²) in [5.41, 5.74) is 2.11. The number of aryl methyl sites for hydroxylation is 1. The maximum Gasteiger partial charge on any atom is 0.252 e. The molecule has 0 unspecified atom stereocenters. The molecule has 0 saturated heterocycles. The first-order valence-electron chi connectivity index (χ1n) is 7.30. The standard InChI is InChI=1S/C16H18N4OS/c1-11(2)13-10-14(21)17-15-18-19-16(20(13)15)22-9-8-12-6-4-3-5-7-12/h3-7,10-11H,8-9H2,1-2H3,(H,17,18,21). The molecule has 2 heterocycles. The van der Waals surface area contributed by atoms with E-state index in [2.05, 4.69) is 41.2 Å². The fraction of sp³-hybridized carbons (Fsp3) is 0.312. The molecule has 6 heteroatoms. The average molecular weight is 314 g/mol. The third kappa shape index (κ3) is 3.06. The first-order chi connectivity index (χ1) is 10.6. The molecular weight excluding hydrogens is 296 g/mol. The first kappa shape index (κ1) is 14.8. The van der Waals surface area contributed by atoms with Crippen molar-refractivity contribution in [3.8, 4) is 0 Å².